The average Bonchev–Trinajstić information content (AvgIpc) is 2.85. The molecule has 2 aromatic rings. The summed E-state index contributed by atoms with van der Waals surface area (Å²) in [5.74, 6) is -1.95. The highest BCUT2D eigenvalue weighted by molar-refractivity contribution is 6.11. The van der Waals surface area contributed by atoms with E-state index in [1.807, 2.05) is 0 Å². The van der Waals surface area contributed by atoms with Crippen LogP contribution in [0.15, 0.2) is 24.3 Å². The minimum absolute atomic E-state index is 0.160. The number of nitrogens with zero attached hydrogens (tertiary/aromatic N) is 1. The minimum Gasteiger partial charge on any atom is -0.466 e. The molecule has 0 bridgehead atoms. The number of hydrogen-bond donors (Lipinski definition) is 0. The molecule has 0 saturated carbocycles. The number of benzene rings is 1. The fourth-order valence-corrected chi connectivity index (χ4v) is 2.98. The molecule has 0 atom stereocenters. The SMILES string of the molecule is CCOC(=O)Cc1c(C(=O)OCC)c(C)c(C(=O)c2ccc(F)cc2)n1C. The molecule has 0 saturated heterocycles. The van der Waals surface area contributed by atoms with Gasteiger partial charge < -0.3 is 14.0 Å². The van der Waals surface area contributed by atoms with Gasteiger partial charge in [-0.15, -0.1) is 0 Å². The Morgan fingerprint density at radius 3 is 2.19 bits per heavy atom. The van der Waals surface area contributed by atoms with Gasteiger partial charge in [-0.25, -0.2) is 9.18 Å². The van der Waals surface area contributed by atoms with Gasteiger partial charge in [-0.05, 0) is 50.6 Å². The Kier molecular flexibility index (Phi) is 6.50. The van der Waals surface area contributed by atoms with Crippen molar-refractivity contribution >= 4 is 17.7 Å². The van der Waals surface area contributed by atoms with Crippen molar-refractivity contribution in [3.8, 4) is 0 Å². The molecular formula is C20H22FNO5. The third kappa shape index (κ3) is 4.24. The van der Waals surface area contributed by atoms with Crippen LogP contribution in [0.3, 0.4) is 0 Å². The van der Waals surface area contributed by atoms with Gasteiger partial charge in [0.15, 0.2) is 0 Å². The summed E-state index contributed by atoms with van der Waals surface area (Å²) < 4.78 is 24.7. The second-order valence-electron chi connectivity index (χ2n) is 5.89. The highest BCUT2D eigenvalue weighted by atomic mass is 19.1. The van der Waals surface area contributed by atoms with Gasteiger partial charge in [0.1, 0.15) is 5.82 Å². The second-order valence-corrected chi connectivity index (χ2v) is 5.89. The topological polar surface area (TPSA) is 74.6 Å². The largest absolute Gasteiger partial charge is 0.466 e. The van der Waals surface area contributed by atoms with Crippen LogP contribution in [0, 0.1) is 12.7 Å². The summed E-state index contributed by atoms with van der Waals surface area (Å²) in [7, 11) is 1.60. The van der Waals surface area contributed by atoms with E-state index in [1.54, 1.807) is 27.8 Å². The summed E-state index contributed by atoms with van der Waals surface area (Å²) >= 11 is 0. The van der Waals surface area contributed by atoms with E-state index in [4.69, 9.17) is 9.47 Å². The average molecular weight is 375 g/mol. The maximum absolute atomic E-state index is 13.2. The number of carbonyl (C=O) groups excluding carboxylic acids is 3. The number of aromatic nitrogens is 1. The van der Waals surface area contributed by atoms with Gasteiger partial charge in [-0.1, -0.05) is 0 Å². The van der Waals surface area contributed by atoms with Gasteiger partial charge in [-0.3, -0.25) is 9.59 Å². The first-order valence-corrected chi connectivity index (χ1v) is 8.62. The molecule has 0 unspecified atom stereocenters. The van der Waals surface area contributed by atoms with Crippen molar-refractivity contribution in [2.75, 3.05) is 13.2 Å². The van der Waals surface area contributed by atoms with Crippen molar-refractivity contribution in [3.05, 3.63) is 58.2 Å². The zero-order valence-electron chi connectivity index (χ0n) is 15.8. The van der Waals surface area contributed by atoms with E-state index in [0.717, 1.165) is 0 Å². The Hall–Kier alpha value is -2.96. The number of halogens is 1. The van der Waals surface area contributed by atoms with E-state index in [0.29, 0.717) is 11.3 Å². The van der Waals surface area contributed by atoms with Crippen LogP contribution >= 0.6 is 0 Å². The molecule has 0 fully saturated rings. The van der Waals surface area contributed by atoms with Crippen LogP contribution in [0.1, 0.15) is 51.5 Å². The summed E-state index contributed by atoms with van der Waals surface area (Å²) in [5, 5.41) is 0. The summed E-state index contributed by atoms with van der Waals surface area (Å²) in [5.41, 5.74) is 1.44. The van der Waals surface area contributed by atoms with Crippen LogP contribution in [0.5, 0.6) is 0 Å². The van der Waals surface area contributed by atoms with Crippen LogP contribution in [-0.2, 0) is 27.7 Å². The van der Waals surface area contributed by atoms with E-state index in [-0.39, 0.29) is 42.2 Å². The van der Waals surface area contributed by atoms with Crippen molar-refractivity contribution in [1.29, 1.82) is 0 Å². The molecule has 2 rings (SSSR count). The third-order valence-corrected chi connectivity index (χ3v) is 4.18. The predicted molar refractivity (Wildman–Crippen MR) is 96.3 cm³/mol. The summed E-state index contributed by atoms with van der Waals surface area (Å²) in [6.45, 7) is 5.35. The van der Waals surface area contributed by atoms with E-state index < -0.39 is 17.8 Å². The molecule has 27 heavy (non-hydrogen) atoms. The lowest BCUT2D eigenvalue weighted by Gasteiger charge is -2.09. The third-order valence-electron chi connectivity index (χ3n) is 4.18. The van der Waals surface area contributed by atoms with Crippen molar-refractivity contribution in [1.82, 2.24) is 4.57 Å². The first-order valence-electron chi connectivity index (χ1n) is 8.62. The zero-order valence-corrected chi connectivity index (χ0v) is 15.8. The van der Waals surface area contributed by atoms with E-state index in [2.05, 4.69) is 0 Å². The van der Waals surface area contributed by atoms with Crippen molar-refractivity contribution < 1.29 is 28.2 Å². The minimum atomic E-state index is -0.608. The van der Waals surface area contributed by atoms with Crippen LogP contribution in [0.2, 0.25) is 0 Å². The summed E-state index contributed by atoms with van der Waals surface area (Å²) in [6, 6.07) is 5.13. The molecule has 1 aromatic heterocycles. The molecular weight excluding hydrogens is 353 g/mol. The second kappa shape index (κ2) is 8.62. The highest BCUT2D eigenvalue weighted by Gasteiger charge is 2.29. The molecule has 7 heteroatoms. The maximum Gasteiger partial charge on any atom is 0.340 e. The van der Waals surface area contributed by atoms with Crippen molar-refractivity contribution in [3.63, 3.8) is 0 Å². The monoisotopic (exact) mass is 375 g/mol. The summed E-state index contributed by atoms with van der Waals surface area (Å²) in [6.07, 6.45) is -0.171. The fourth-order valence-electron chi connectivity index (χ4n) is 2.98. The van der Waals surface area contributed by atoms with Gasteiger partial charge in [-0.2, -0.15) is 0 Å². The van der Waals surface area contributed by atoms with Gasteiger partial charge in [0.05, 0.1) is 30.9 Å². The lowest BCUT2D eigenvalue weighted by molar-refractivity contribution is -0.142. The molecule has 0 aliphatic heterocycles. The fraction of sp³-hybridized carbons (Fsp3) is 0.350. The first kappa shape index (κ1) is 20.4. The van der Waals surface area contributed by atoms with E-state index in [9.17, 15) is 18.8 Å². The van der Waals surface area contributed by atoms with E-state index in [1.165, 1.54) is 28.8 Å². The van der Waals surface area contributed by atoms with Gasteiger partial charge in [0, 0.05) is 18.3 Å². The molecule has 1 aromatic carbocycles. The number of esters is 2. The van der Waals surface area contributed by atoms with Crippen LogP contribution in [-0.4, -0.2) is 35.5 Å². The number of rotatable bonds is 7. The summed E-state index contributed by atoms with van der Waals surface area (Å²) in [4.78, 5) is 37.4. The van der Waals surface area contributed by atoms with Crippen molar-refractivity contribution in [2.24, 2.45) is 7.05 Å². The van der Waals surface area contributed by atoms with Crippen LogP contribution in [0.25, 0.3) is 0 Å². The highest BCUT2D eigenvalue weighted by Crippen LogP contribution is 2.26. The molecule has 0 spiro atoms. The Morgan fingerprint density at radius 2 is 1.63 bits per heavy atom. The predicted octanol–water partition coefficient (Wildman–Crippen LogP) is 2.99. The molecule has 6 nitrogen and oxygen atoms in total. The van der Waals surface area contributed by atoms with Gasteiger partial charge >= 0.3 is 11.9 Å². The Labute approximate surface area is 156 Å². The zero-order chi connectivity index (χ0) is 20.1. The number of hydrogen-bond acceptors (Lipinski definition) is 5. The van der Waals surface area contributed by atoms with Crippen molar-refractivity contribution in [2.45, 2.75) is 27.2 Å². The van der Waals surface area contributed by atoms with Crippen LogP contribution in [0.4, 0.5) is 4.39 Å². The maximum atomic E-state index is 13.2. The Balaban J connectivity index is 2.57. The first-order chi connectivity index (χ1) is 12.8. The molecule has 144 valence electrons. The number of ketones is 1. The molecule has 0 N–H and O–H groups in total. The number of ether oxygens (including phenoxy) is 2. The molecule has 0 aliphatic carbocycles. The van der Waals surface area contributed by atoms with Gasteiger partial charge in [0.25, 0.3) is 0 Å². The quantitative estimate of drug-likeness (QED) is 0.549. The molecule has 0 amide bonds. The van der Waals surface area contributed by atoms with Gasteiger partial charge in [0.2, 0.25) is 5.78 Å². The standard InChI is InChI=1S/C20H22FNO5/c1-5-26-16(23)11-15-17(20(25)27-6-2)12(3)18(22(15)4)19(24)13-7-9-14(21)10-8-13/h7-10H,5-6,11H2,1-4H3. The lowest BCUT2D eigenvalue weighted by Crippen LogP contribution is -2.16. The number of carbonyl (C=O) groups is 3. The molecule has 0 radical (unpaired) electrons. The molecule has 0 aliphatic rings. The Morgan fingerprint density at radius 1 is 1.04 bits per heavy atom. The Bertz CT molecular complexity index is 867. The molecule has 1 heterocycles. The van der Waals surface area contributed by atoms with Crippen LogP contribution < -0.4 is 0 Å². The normalized spacial score (nSPS) is 10.6. The lowest BCUT2D eigenvalue weighted by atomic mass is 10.0. The van der Waals surface area contributed by atoms with E-state index >= 15 is 0 Å². The smallest absolute Gasteiger partial charge is 0.340 e.